The van der Waals surface area contributed by atoms with Crippen LogP contribution in [0.4, 0.5) is 5.69 Å². The van der Waals surface area contributed by atoms with Gasteiger partial charge in [0.25, 0.3) is 5.91 Å². The van der Waals surface area contributed by atoms with Crippen LogP contribution in [0.1, 0.15) is 30.6 Å². The SMILES string of the molecule is CCCOc1ccc(C(=O)O[C@@H](C)C(=O)Nc2ccc3c(c2)OCO3)cc1OC. The zero-order chi connectivity index (χ0) is 20.8. The minimum Gasteiger partial charge on any atom is -0.493 e. The third-order valence-corrected chi connectivity index (χ3v) is 4.15. The first-order valence-electron chi connectivity index (χ1n) is 9.24. The topological polar surface area (TPSA) is 92.3 Å². The van der Waals surface area contributed by atoms with Gasteiger partial charge in [-0.3, -0.25) is 4.79 Å². The Bertz CT molecular complexity index is 897. The van der Waals surface area contributed by atoms with Crippen molar-refractivity contribution >= 4 is 17.6 Å². The molecule has 1 N–H and O–H groups in total. The largest absolute Gasteiger partial charge is 0.493 e. The van der Waals surface area contributed by atoms with E-state index >= 15 is 0 Å². The van der Waals surface area contributed by atoms with Crippen molar-refractivity contribution < 1.29 is 33.3 Å². The van der Waals surface area contributed by atoms with Crippen LogP contribution >= 0.6 is 0 Å². The Labute approximate surface area is 168 Å². The molecule has 0 saturated heterocycles. The first kappa shape index (κ1) is 20.3. The summed E-state index contributed by atoms with van der Waals surface area (Å²) >= 11 is 0. The number of methoxy groups -OCH3 is 1. The summed E-state index contributed by atoms with van der Waals surface area (Å²) in [7, 11) is 1.49. The maximum atomic E-state index is 12.4. The summed E-state index contributed by atoms with van der Waals surface area (Å²) in [5.74, 6) is 1.02. The molecule has 0 fully saturated rings. The Morgan fingerprint density at radius 2 is 1.90 bits per heavy atom. The molecule has 0 unspecified atom stereocenters. The fraction of sp³-hybridized carbons (Fsp3) is 0.333. The Kier molecular flexibility index (Phi) is 6.43. The molecule has 1 atom stereocenters. The van der Waals surface area contributed by atoms with Crippen LogP contribution < -0.4 is 24.3 Å². The minimum absolute atomic E-state index is 0.145. The molecule has 0 spiro atoms. The van der Waals surface area contributed by atoms with Crippen LogP contribution in [0, 0.1) is 0 Å². The minimum atomic E-state index is -1.00. The number of amides is 1. The average Bonchev–Trinajstić information content (AvgIpc) is 3.19. The van der Waals surface area contributed by atoms with E-state index in [0.717, 1.165) is 6.42 Å². The van der Waals surface area contributed by atoms with Gasteiger partial charge in [-0.25, -0.2) is 4.79 Å². The number of carbonyl (C=O) groups is 2. The molecule has 8 nitrogen and oxygen atoms in total. The molecule has 29 heavy (non-hydrogen) atoms. The van der Waals surface area contributed by atoms with Crippen LogP contribution in [0.3, 0.4) is 0 Å². The van der Waals surface area contributed by atoms with E-state index in [0.29, 0.717) is 35.3 Å². The number of ether oxygens (including phenoxy) is 5. The summed E-state index contributed by atoms with van der Waals surface area (Å²) in [5, 5.41) is 2.69. The van der Waals surface area contributed by atoms with Crippen LogP contribution in [0.25, 0.3) is 0 Å². The quantitative estimate of drug-likeness (QED) is 0.678. The summed E-state index contributed by atoms with van der Waals surface area (Å²) in [6, 6.07) is 9.76. The van der Waals surface area contributed by atoms with Crippen molar-refractivity contribution in [1.82, 2.24) is 0 Å². The van der Waals surface area contributed by atoms with Gasteiger partial charge < -0.3 is 29.0 Å². The van der Waals surface area contributed by atoms with E-state index in [-0.39, 0.29) is 12.4 Å². The van der Waals surface area contributed by atoms with Gasteiger partial charge in [-0.1, -0.05) is 6.92 Å². The number of benzene rings is 2. The zero-order valence-corrected chi connectivity index (χ0v) is 16.5. The molecule has 8 heteroatoms. The number of anilines is 1. The Hall–Kier alpha value is -3.42. The summed E-state index contributed by atoms with van der Waals surface area (Å²) in [6.45, 7) is 4.17. The standard InChI is InChI=1S/C21H23NO7/c1-4-9-26-16-7-5-14(10-18(16)25-3)21(24)29-13(2)20(23)22-15-6-8-17-19(11-15)28-12-27-17/h5-8,10-11,13H,4,9,12H2,1-3H3,(H,22,23)/t13-/m0/s1. The molecule has 0 saturated carbocycles. The summed E-state index contributed by atoms with van der Waals surface area (Å²) in [4.78, 5) is 24.8. The predicted octanol–water partition coefficient (Wildman–Crippen LogP) is 3.40. The average molecular weight is 401 g/mol. The lowest BCUT2D eigenvalue weighted by Gasteiger charge is -2.15. The van der Waals surface area contributed by atoms with Gasteiger partial charge in [-0.15, -0.1) is 0 Å². The third kappa shape index (κ3) is 4.90. The van der Waals surface area contributed by atoms with Crippen LogP contribution in [0.2, 0.25) is 0 Å². The third-order valence-electron chi connectivity index (χ3n) is 4.15. The number of hydrogen-bond acceptors (Lipinski definition) is 7. The molecular formula is C21H23NO7. The maximum Gasteiger partial charge on any atom is 0.339 e. The molecule has 1 heterocycles. The lowest BCUT2D eigenvalue weighted by molar-refractivity contribution is -0.123. The van der Waals surface area contributed by atoms with Crippen molar-refractivity contribution in [3.05, 3.63) is 42.0 Å². The summed E-state index contributed by atoms with van der Waals surface area (Å²) < 4.78 is 26.6. The number of nitrogens with one attached hydrogen (secondary N) is 1. The number of fused-ring (bicyclic) bond motifs is 1. The first-order chi connectivity index (χ1) is 14.0. The molecule has 154 valence electrons. The van der Waals surface area contributed by atoms with Crippen LogP contribution in [0.5, 0.6) is 23.0 Å². The Balaban J connectivity index is 1.61. The van der Waals surface area contributed by atoms with Crippen LogP contribution in [-0.4, -0.2) is 38.5 Å². The molecule has 0 radical (unpaired) electrons. The maximum absolute atomic E-state index is 12.4. The highest BCUT2D eigenvalue weighted by molar-refractivity contribution is 5.97. The van der Waals surface area contributed by atoms with Gasteiger partial charge in [-0.05, 0) is 43.7 Å². The molecular weight excluding hydrogens is 378 g/mol. The first-order valence-corrected chi connectivity index (χ1v) is 9.24. The van der Waals surface area contributed by atoms with Crippen molar-refractivity contribution in [2.24, 2.45) is 0 Å². The van der Waals surface area contributed by atoms with E-state index in [1.165, 1.54) is 20.1 Å². The molecule has 0 aliphatic carbocycles. The molecule has 2 aromatic rings. The van der Waals surface area contributed by atoms with Gasteiger partial charge in [0, 0.05) is 11.8 Å². The van der Waals surface area contributed by atoms with Crippen molar-refractivity contribution in [1.29, 1.82) is 0 Å². The van der Waals surface area contributed by atoms with Crippen molar-refractivity contribution in [3.63, 3.8) is 0 Å². The highest BCUT2D eigenvalue weighted by Gasteiger charge is 2.21. The second-order valence-corrected chi connectivity index (χ2v) is 6.32. The molecule has 1 aliphatic rings. The van der Waals surface area contributed by atoms with Crippen molar-refractivity contribution in [2.45, 2.75) is 26.4 Å². The highest BCUT2D eigenvalue weighted by atomic mass is 16.7. The zero-order valence-electron chi connectivity index (χ0n) is 16.5. The Morgan fingerprint density at radius 1 is 1.10 bits per heavy atom. The van der Waals surface area contributed by atoms with Gasteiger partial charge in [0.2, 0.25) is 6.79 Å². The molecule has 3 rings (SSSR count). The van der Waals surface area contributed by atoms with E-state index in [2.05, 4.69) is 5.32 Å². The van der Waals surface area contributed by atoms with Crippen molar-refractivity contribution in [3.8, 4) is 23.0 Å². The predicted molar refractivity (Wildman–Crippen MR) is 105 cm³/mol. The fourth-order valence-corrected chi connectivity index (χ4v) is 2.63. The Morgan fingerprint density at radius 3 is 2.66 bits per heavy atom. The van der Waals surface area contributed by atoms with E-state index in [1.807, 2.05) is 6.92 Å². The number of hydrogen-bond donors (Lipinski definition) is 1. The van der Waals surface area contributed by atoms with Gasteiger partial charge in [0.1, 0.15) is 0 Å². The second-order valence-electron chi connectivity index (χ2n) is 6.32. The molecule has 0 bridgehead atoms. The van der Waals surface area contributed by atoms with Crippen LogP contribution in [0.15, 0.2) is 36.4 Å². The number of esters is 1. The lowest BCUT2D eigenvalue weighted by Crippen LogP contribution is -2.30. The van der Waals surface area contributed by atoms with Crippen LogP contribution in [-0.2, 0) is 9.53 Å². The van der Waals surface area contributed by atoms with E-state index in [1.54, 1.807) is 30.3 Å². The smallest absolute Gasteiger partial charge is 0.339 e. The molecule has 2 aromatic carbocycles. The van der Waals surface area contributed by atoms with Gasteiger partial charge in [0.15, 0.2) is 29.1 Å². The molecule has 0 aromatic heterocycles. The second kappa shape index (κ2) is 9.18. The summed E-state index contributed by atoms with van der Waals surface area (Å²) in [5.41, 5.74) is 0.773. The normalized spacial score (nSPS) is 12.8. The number of carbonyl (C=O) groups excluding carboxylic acids is 2. The van der Waals surface area contributed by atoms with Gasteiger partial charge >= 0.3 is 5.97 Å². The lowest BCUT2D eigenvalue weighted by atomic mass is 10.2. The van der Waals surface area contributed by atoms with Crippen molar-refractivity contribution in [2.75, 3.05) is 25.8 Å². The fourth-order valence-electron chi connectivity index (χ4n) is 2.63. The molecule has 1 aliphatic heterocycles. The van der Waals surface area contributed by atoms with Gasteiger partial charge in [0.05, 0.1) is 19.3 Å². The van der Waals surface area contributed by atoms with E-state index in [9.17, 15) is 9.59 Å². The molecule has 1 amide bonds. The highest BCUT2D eigenvalue weighted by Crippen LogP contribution is 2.34. The van der Waals surface area contributed by atoms with Gasteiger partial charge in [-0.2, -0.15) is 0 Å². The van der Waals surface area contributed by atoms with E-state index < -0.39 is 18.0 Å². The monoisotopic (exact) mass is 401 g/mol. The van der Waals surface area contributed by atoms with E-state index in [4.69, 9.17) is 23.7 Å². The number of rotatable bonds is 8. The summed E-state index contributed by atoms with van der Waals surface area (Å²) in [6.07, 6.45) is -0.155.